The standard InChI is InChI=1S/C11H14ClNO3/c1-7(14)4-5-13-10-6-8(12)2-3-9(10)11(15)16/h2-3,6-7,13-14H,4-5H2,1H3,(H,15,16). The number of halogens is 1. The van der Waals surface area contributed by atoms with Crippen LogP contribution in [0.2, 0.25) is 5.02 Å². The third-order valence-corrected chi connectivity index (χ3v) is 2.32. The minimum Gasteiger partial charge on any atom is -0.478 e. The second-order valence-corrected chi connectivity index (χ2v) is 4.00. The number of benzene rings is 1. The average Bonchev–Trinajstić information content (AvgIpc) is 2.16. The predicted octanol–water partition coefficient (Wildman–Crippen LogP) is 2.22. The van der Waals surface area contributed by atoms with E-state index in [2.05, 4.69) is 5.32 Å². The van der Waals surface area contributed by atoms with Crippen molar-refractivity contribution in [2.75, 3.05) is 11.9 Å². The summed E-state index contributed by atoms with van der Waals surface area (Å²) in [6, 6.07) is 4.55. The van der Waals surface area contributed by atoms with Crippen LogP contribution in [0.25, 0.3) is 0 Å². The lowest BCUT2D eigenvalue weighted by Crippen LogP contribution is -2.12. The zero-order valence-corrected chi connectivity index (χ0v) is 9.66. The maximum absolute atomic E-state index is 10.9. The van der Waals surface area contributed by atoms with Gasteiger partial charge in [0.1, 0.15) is 0 Å². The van der Waals surface area contributed by atoms with Crippen molar-refractivity contribution in [3.8, 4) is 0 Å². The van der Waals surface area contributed by atoms with E-state index < -0.39 is 12.1 Å². The van der Waals surface area contributed by atoms with Crippen LogP contribution in [0.15, 0.2) is 18.2 Å². The molecule has 0 aliphatic rings. The van der Waals surface area contributed by atoms with Crippen LogP contribution in [0.5, 0.6) is 0 Å². The van der Waals surface area contributed by atoms with Crippen LogP contribution < -0.4 is 5.32 Å². The van der Waals surface area contributed by atoms with Crippen molar-refractivity contribution in [1.29, 1.82) is 0 Å². The van der Waals surface area contributed by atoms with Gasteiger partial charge in [0.25, 0.3) is 0 Å². The van der Waals surface area contributed by atoms with Gasteiger partial charge in [-0.3, -0.25) is 0 Å². The topological polar surface area (TPSA) is 69.6 Å². The molecule has 1 rings (SSSR count). The van der Waals surface area contributed by atoms with E-state index in [1.165, 1.54) is 12.1 Å². The van der Waals surface area contributed by atoms with Gasteiger partial charge in [-0.1, -0.05) is 11.6 Å². The molecule has 3 N–H and O–H groups in total. The number of aliphatic hydroxyl groups is 1. The summed E-state index contributed by atoms with van der Waals surface area (Å²) in [4.78, 5) is 10.9. The van der Waals surface area contributed by atoms with E-state index in [1.54, 1.807) is 13.0 Å². The molecule has 0 spiro atoms. The Morgan fingerprint density at radius 1 is 1.56 bits per heavy atom. The summed E-state index contributed by atoms with van der Waals surface area (Å²) >= 11 is 5.78. The molecule has 88 valence electrons. The van der Waals surface area contributed by atoms with Gasteiger partial charge in [-0.2, -0.15) is 0 Å². The Bertz CT molecular complexity index is 379. The third-order valence-electron chi connectivity index (χ3n) is 2.09. The highest BCUT2D eigenvalue weighted by atomic mass is 35.5. The fourth-order valence-electron chi connectivity index (χ4n) is 1.26. The Morgan fingerprint density at radius 3 is 2.81 bits per heavy atom. The van der Waals surface area contributed by atoms with Gasteiger partial charge in [-0.15, -0.1) is 0 Å². The molecular weight excluding hydrogens is 230 g/mol. The van der Waals surface area contributed by atoms with E-state index in [1.807, 2.05) is 0 Å². The van der Waals surface area contributed by atoms with Gasteiger partial charge in [0.05, 0.1) is 17.4 Å². The number of hydrogen-bond acceptors (Lipinski definition) is 3. The molecule has 16 heavy (non-hydrogen) atoms. The minimum absolute atomic E-state index is 0.176. The number of carboxylic acids is 1. The molecule has 0 amide bonds. The van der Waals surface area contributed by atoms with Gasteiger partial charge >= 0.3 is 5.97 Å². The highest BCUT2D eigenvalue weighted by Gasteiger charge is 2.10. The monoisotopic (exact) mass is 243 g/mol. The molecule has 0 aliphatic heterocycles. The SMILES string of the molecule is CC(O)CCNc1cc(Cl)ccc1C(=O)O. The molecule has 0 aliphatic carbocycles. The Balaban J connectivity index is 2.76. The summed E-state index contributed by atoms with van der Waals surface area (Å²) in [6.45, 7) is 2.18. The first-order valence-electron chi connectivity index (χ1n) is 4.95. The lowest BCUT2D eigenvalue weighted by molar-refractivity contribution is 0.0698. The van der Waals surface area contributed by atoms with Gasteiger partial charge in [0.15, 0.2) is 0 Å². The highest BCUT2D eigenvalue weighted by molar-refractivity contribution is 6.31. The second-order valence-electron chi connectivity index (χ2n) is 3.56. The van der Waals surface area contributed by atoms with E-state index in [0.29, 0.717) is 23.7 Å². The van der Waals surface area contributed by atoms with E-state index in [0.717, 1.165) is 0 Å². The maximum atomic E-state index is 10.9. The molecule has 1 unspecified atom stereocenters. The maximum Gasteiger partial charge on any atom is 0.337 e. The molecule has 0 saturated heterocycles. The number of rotatable bonds is 5. The summed E-state index contributed by atoms with van der Waals surface area (Å²) in [5, 5.41) is 21.4. The van der Waals surface area contributed by atoms with Crippen molar-refractivity contribution in [1.82, 2.24) is 0 Å². The number of aromatic carboxylic acids is 1. The van der Waals surface area contributed by atoms with Gasteiger partial charge in [0.2, 0.25) is 0 Å². The van der Waals surface area contributed by atoms with E-state index in [-0.39, 0.29) is 5.56 Å². The van der Waals surface area contributed by atoms with Crippen molar-refractivity contribution in [3.63, 3.8) is 0 Å². The summed E-state index contributed by atoms with van der Waals surface area (Å²) in [5.74, 6) is -1.00. The fraction of sp³-hybridized carbons (Fsp3) is 0.364. The number of carboxylic acid groups (broad SMARTS) is 1. The van der Waals surface area contributed by atoms with Crippen LogP contribution in [0.4, 0.5) is 5.69 Å². The van der Waals surface area contributed by atoms with Crippen LogP contribution in [-0.2, 0) is 0 Å². The first-order valence-corrected chi connectivity index (χ1v) is 5.33. The molecule has 1 aromatic rings. The highest BCUT2D eigenvalue weighted by Crippen LogP contribution is 2.21. The summed E-state index contributed by atoms with van der Waals surface area (Å²) in [6.07, 6.45) is 0.130. The Kier molecular flexibility index (Phi) is 4.58. The molecular formula is C11H14ClNO3. The van der Waals surface area contributed by atoms with Gasteiger partial charge in [-0.05, 0) is 31.5 Å². The summed E-state index contributed by atoms with van der Waals surface area (Å²) < 4.78 is 0. The molecule has 0 aromatic heterocycles. The van der Waals surface area contributed by atoms with Crippen molar-refractivity contribution >= 4 is 23.3 Å². The molecule has 0 fully saturated rings. The molecule has 0 saturated carbocycles. The lowest BCUT2D eigenvalue weighted by atomic mass is 10.1. The molecule has 4 nitrogen and oxygen atoms in total. The zero-order valence-electron chi connectivity index (χ0n) is 8.90. The van der Waals surface area contributed by atoms with Gasteiger partial charge < -0.3 is 15.5 Å². The minimum atomic E-state index is -1.00. The lowest BCUT2D eigenvalue weighted by Gasteiger charge is -2.10. The van der Waals surface area contributed by atoms with E-state index in [4.69, 9.17) is 21.8 Å². The van der Waals surface area contributed by atoms with Gasteiger partial charge in [-0.25, -0.2) is 4.79 Å². The average molecular weight is 244 g/mol. The molecule has 0 heterocycles. The third kappa shape index (κ3) is 3.72. The van der Waals surface area contributed by atoms with Crippen LogP contribution in [0.3, 0.4) is 0 Å². The quantitative estimate of drug-likeness (QED) is 0.742. The summed E-state index contributed by atoms with van der Waals surface area (Å²) in [5.41, 5.74) is 0.649. The number of carbonyl (C=O) groups is 1. The Hall–Kier alpha value is -1.26. The van der Waals surface area contributed by atoms with Crippen molar-refractivity contribution in [3.05, 3.63) is 28.8 Å². The smallest absolute Gasteiger partial charge is 0.337 e. The molecule has 0 radical (unpaired) electrons. The van der Waals surface area contributed by atoms with Crippen molar-refractivity contribution in [2.24, 2.45) is 0 Å². The van der Waals surface area contributed by atoms with E-state index >= 15 is 0 Å². The zero-order chi connectivity index (χ0) is 12.1. The van der Waals surface area contributed by atoms with E-state index in [9.17, 15) is 4.79 Å². The first kappa shape index (κ1) is 12.8. The largest absolute Gasteiger partial charge is 0.478 e. The Morgan fingerprint density at radius 2 is 2.25 bits per heavy atom. The van der Waals surface area contributed by atoms with Crippen LogP contribution >= 0.6 is 11.6 Å². The predicted molar refractivity (Wildman–Crippen MR) is 63.2 cm³/mol. The number of nitrogens with one attached hydrogen (secondary N) is 1. The van der Waals surface area contributed by atoms with Crippen LogP contribution in [0.1, 0.15) is 23.7 Å². The molecule has 5 heteroatoms. The fourth-order valence-corrected chi connectivity index (χ4v) is 1.44. The van der Waals surface area contributed by atoms with Crippen LogP contribution in [0, 0.1) is 0 Å². The van der Waals surface area contributed by atoms with Crippen LogP contribution in [-0.4, -0.2) is 28.8 Å². The number of hydrogen-bond donors (Lipinski definition) is 3. The number of aliphatic hydroxyl groups excluding tert-OH is 1. The molecule has 1 aromatic carbocycles. The summed E-state index contributed by atoms with van der Waals surface area (Å²) in [7, 11) is 0. The first-order chi connectivity index (χ1) is 7.50. The van der Waals surface area contributed by atoms with Crippen molar-refractivity contribution < 1.29 is 15.0 Å². The normalized spacial score (nSPS) is 12.2. The Labute approximate surface area is 98.9 Å². The van der Waals surface area contributed by atoms with Gasteiger partial charge in [0, 0.05) is 11.6 Å². The molecule has 0 bridgehead atoms. The molecule has 1 atom stereocenters. The van der Waals surface area contributed by atoms with Crippen molar-refractivity contribution in [2.45, 2.75) is 19.4 Å². The number of anilines is 1. The second kappa shape index (κ2) is 5.72.